The maximum absolute atomic E-state index is 6.29. The average Bonchev–Trinajstić information content (AvgIpc) is 2.35. The Balaban J connectivity index is 5.21. The van der Waals surface area contributed by atoms with Gasteiger partial charge in [-0.05, 0) is 78.6 Å². The van der Waals surface area contributed by atoms with Gasteiger partial charge in [0.25, 0.3) is 0 Å². The van der Waals surface area contributed by atoms with Crippen molar-refractivity contribution in [2.75, 3.05) is 26.4 Å². The van der Waals surface area contributed by atoms with Gasteiger partial charge < -0.3 is 17.7 Å². The molecule has 0 saturated carbocycles. The second kappa shape index (κ2) is 10.5. The topological polar surface area (TPSA) is 36.9 Å². The first-order valence-corrected chi connectivity index (χ1v) is 23.6. The second-order valence-electron chi connectivity index (χ2n) is 11.2. The lowest BCUT2D eigenvalue weighted by molar-refractivity contribution is 0.0596. The third-order valence-corrected chi connectivity index (χ3v) is 7.72. The molecule has 0 heterocycles. The Hall–Kier alpha value is 0.708. The molecule has 0 fully saturated rings. The van der Waals surface area contributed by atoms with Crippen molar-refractivity contribution >= 4 is 33.3 Å². The van der Waals surface area contributed by atoms with Crippen LogP contribution >= 0.6 is 0 Å². The highest BCUT2D eigenvalue weighted by atomic mass is 28.4. The highest BCUT2D eigenvalue weighted by molar-refractivity contribution is 6.70. The molecule has 0 N–H and O–H groups in total. The molecule has 0 aliphatic rings. The predicted molar refractivity (Wildman–Crippen MR) is 124 cm³/mol. The van der Waals surface area contributed by atoms with E-state index in [1.54, 1.807) is 0 Å². The van der Waals surface area contributed by atoms with E-state index in [0.717, 1.165) is 26.4 Å². The Labute approximate surface area is 167 Å². The molecule has 0 rings (SSSR count). The van der Waals surface area contributed by atoms with Crippen LogP contribution in [0, 0.1) is 11.8 Å². The maximum Gasteiger partial charge on any atom is 0.183 e. The largest absolute Gasteiger partial charge is 0.417 e. The van der Waals surface area contributed by atoms with Crippen molar-refractivity contribution in [1.82, 2.24) is 0 Å². The van der Waals surface area contributed by atoms with Crippen molar-refractivity contribution in [3.8, 4) is 0 Å². The summed E-state index contributed by atoms with van der Waals surface area (Å²) in [6.45, 7) is 29.9. The lowest BCUT2D eigenvalue weighted by Gasteiger charge is -2.34. The lowest BCUT2D eigenvalue weighted by Crippen LogP contribution is -2.42. The van der Waals surface area contributed by atoms with Crippen LogP contribution in [0.25, 0.3) is 0 Å². The SMILES string of the molecule is C[Si](C)(C)OCC(CO[Si](C)(C)C)C(CO[Si](C)(C)C)CO[Si](C)(C)C. The molecular weight excluding hydrogens is 393 g/mol. The van der Waals surface area contributed by atoms with Gasteiger partial charge in [0.1, 0.15) is 0 Å². The first-order valence-electron chi connectivity index (χ1n) is 9.94. The van der Waals surface area contributed by atoms with Crippen molar-refractivity contribution < 1.29 is 17.7 Å². The molecule has 0 aliphatic carbocycles. The molecule has 0 aromatic rings. The molecule has 0 atom stereocenters. The molecule has 0 radical (unpaired) electrons. The average molecular weight is 439 g/mol. The van der Waals surface area contributed by atoms with E-state index in [1.165, 1.54) is 0 Å². The van der Waals surface area contributed by atoms with Crippen LogP contribution in [0.5, 0.6) is 0 Å². The van der Waals surface area contributed by atoms with Crippen molar-refractivity contribution in [3.05, 3.63) is 0 Å². The van der Waals surface area contributed by atoms with Crippen molar-refractivity contribution in [2.45, 2.75) is 78.6 Å². The van der Waals surface area contributed by atoms with Gasteiger partial charge in [0, 0.05) is 38.3 Å². The van der Waals surface area contributed by atoms with E-state index in [9.17, 15) is 0 Å². The molecule has 0 unspecified atom stereocenters. The third-order valence-electron chi connectivity index (χ3n) is 3.59. The quantitative estimate of drug-likeness (QED) is 0.349. The van der Waals surface area contributed by atoms with E-state index in [4.69, 9.17) is 17.7 Å². The van der Waals surface area contributed by atoms with Crippen LogP contribution in [-0.4, -0.2) is 59.7 Å². The predicted octanol–water partition coefficient (Wildman–Crippen LogP) is 5.62. The Morgan fingerprint density at radius 1 is 0.385 bits per heavy atom. The summed E-state index contributed by atoms with van der Waals surface area (Å²) in [6.07, 6.45) is 0. The van der Waals surface area contributed by atoms with Crippen molar-refractivity contribution in [2.24, 2.45) is 11.8 Å². The summed E-state index contributed by atoms with van der Waals surface area (Å²) in [7, 11) is -6.27. The van der Waals surface area contributed by atoms with E-state index in [0.29, 0.717) is 11.8 Å². The van der Waals surface area contributed by atoms with Crippen molar-refractivity contribution in [3.63, 3.8) is 0 Å². The molecule has 0 amide bonds. The van der Waals surface area contributed by atoms with Crippen LogP contribution in [0.1, 0.15) is 0 Å². The van der Waals surface area contributed by atoms with E-state index in [-0.39, 0.29) is 0 Å². The van der Waals surface area contributed by atoms with Gasteiger partial charge in [-0.15, -0.1) is 0 Å². The van der Waals surface area contributed by atoms with Gasteiger partial charge in [-0.3, -0.25) is 0 Å². The Morgan fingerprint density at radius 2 is 0.538 bits per heavy atom. The molecule has 4 nitrogen and oxygen atoms in total. The molecule has 0 saturated heterocycles. The third kappa shape index (κ3) is 16.9. The van der Waals surface area contributed by atoms with E-state index < -0.39 is 33.3 Å². The van der Waals surface area contributed by atoms with Gasteiger partial charge in [-0.2, -0.15) is 0 Å². The summed E-state index contributed by atoms with van der Waals surface area (Å²) >= 11 is 0. The zero-order valence-electron chi connectivity index (χ0n) is 19.6. The van der Waals surface area contributed by atoms with Crippen molar-refractivity contribution in [1.29, 1.82) is 0 Å². The minimum Gasteiger partial charge on any atom is -0.417 e. The molecule has 26 heavy (non-hydrogen) atoms. The van der Waals surface area contributed by atoms with Crippen LogP contribution in [0.4, 0.5) is 0 Å². The fourth-order valence-electron chi connectivity index (χ4n) is 2.07. The fraction of sp³-hybridized carbons (Fsp3) is 1.00. The summed E-state index contributed by atoms with van der Waals surface area (Å²) in [5.74, 6) is 0.641. The standard InChI is InChI=1S/C18H46O4Si4/c1-23(2,3)19-13-17(14-20-24(4,5)6)18(15-21-25(7,8)9)16-22-26(10,11)12/h17-18H,13-16H2,1-12H3. The minimum absolute atomic E-state index is 0.321. The maximum atomic E-state index is 6.29. The lowest BCUT2D eigenvalue weighted by atomic mass is 9.95. The summed E-state index contributed by atoms with van der Waals surface area (Å²) in [6, 6.07) is 0. The Bertz CT molecular complexity index is 318. The van der Waals surface area contributed by atoms with E-state index in [1.807, 2.05) is 0 Å². The smallest absolute Gasteiger partial charge is 0.183 e. The Kier molecular flexibility index (Phi) is 10.8. The van der Waals surface area contributed by atoms with Gasteiger partial charge in [0.15, 0.2) is 33.3 Å². The van der Waals surface area contributed by atoms with Crippen LogP contribution in [-0.2, 0) is 17.7 Å². The molecule has 158 valence electrons. The summed E-state index contributed by atoms with van der Waals surface area (Å²) in [4.78, 5) is 0. The van der Waals surface area contributed by atoms with E-state index >= 15 is 0 Å². The number of rotatable bonds is 13. The van der Waals surface area contributed by atoms with Crippen LogP contribution in [0.15, 0.2) is 0 Å². The molecule has 0 aliphatic heterocycles. The zero-order chi connectivity index (χ0) is 20.8. The van der Waals surface area contributed by atoms with Gasteiger partial charge in [0.2, 0.25) is 0 Å². The number of hydrogen-bond acceptors (Lipinski definition) is 4. The van der Waals surface area contributed by atoms with Crippen LogP contribution < -0.4 is 0 Å². The molecular formula is C18H46O4Si4. The first kappa shape index (κ1) is 26.7. The van der Waals surface area contributed by atoms with Crippen LogP contribution in [0.2, 0.25) is 78.6 Å². The molecule has 0 spiro atoms. The molecule has 0 bridgehead atoms. The fourth-order valence-corrected chi connectivity index (χ4v) is 4.93. The van der Waals surface area contributed by atoms with Gasteiger partial charge in [-0.25, -0.2) is 0 Å². The summed E-state index contributed by atoms with van der Waals surface area (Å²) in [5, 5.41) is 0. The summed E-state index contributed by atoms with van der Waals surface area (Å²) < 4.78 is 25.1. The normalized spacial score (nSPS) is 14.5. The molecule has 0 aromatic heterocycles. The van der Waals surface area contributed by atoms with Gasteiger partial charge in [0.05, 0.1) is 0 Å². The van der Waals surface area contributed by atoms with Gasteiger partial charge in [-0.1, -0.05) is 0 Å². The van der Waals surface area contributed by atoms with E-state index in [2.05, 4.69) is 78.6 Å². The minimum atomic E-state index is -1.57. The molecule has 8 heteroatoms. The highest BCUT2D eigenvalue weighted by Crippen LogP contribution is 2.22. The molecule has 0 aromatic carbocycles. The van der Waals surface area contributed by atoms with Crippen LogP contribution in [0.3, 0.4) is 0 Å². The monoisotopic (exact) mass is 438 g/mol. The number of hydrogen-bond donors (Lipinski definition) is 0. The summed E-state index contributed by atoms with van der Waals surface area (Å²) in [5.41, 5.74) is 0. The Morgan fingerprint density at radius 3 is 0.654 bits per heavy atom. The zero-order valence-corrected chi connectivity index (χ0v) is 23.6. The van der Waals surface area contributed by atoms with Gasteiger partial charge >= 0.3 is 0 Å². The highest BCUT2D eigenvalue weighted by Gasteiger charge is 2.30. The second-order valence-corrected chi connectivity index (χ2v) is 29.3. The first-order chi connectivity index (χ1) is 11.4.